The third-order valence-corrected chi connectivity index (χ3v) is 5.33. The van der Waals surface area contributed by atoms with Crippen LogP contribution in [0.5, 0.6) is 5.75 Å². The second-order valence-electron chi connectivity index (χ2n) is 6.72. The molecule has 0 fully saturated rings. The summed E-state index contributed by atoms with van der Waals surface area (Å²) in [5.74, 6) is -2.66. The average molecular weight is 455 g/mol. The summed E-state index contributed by atoms with van der Waals surface area (Å²) in [5.41, 5.74) is 1.52. The van der Waals surface area contributed by atoms with Crippen LogP contribution in [0.15, 0.2) is 66.2 Å². The molecule has 0 saturated heterocycles. The zero-order valence-electron chi connectivity index (χ0n) is 16.5. The maximum atomic E-state index is 14.6. The van der Waals surface area contributed by atoms with E-state index < -0.39 is 17.5 Å². The molecule has 2 aromatic carbocycles. The maximum Gasteiger partial charge on any atom is 0.271 e. The molecular formula is C23H16F3N3O2S. The number of nitrogens with one attached hydrogen (secondary N) is 1. The van der Waals surface area contributed by atoms with E-state index >= 15 is 0 Å². The number of ether oxygens (including phenoxy) is 1. The number of rotatable bonds is 7. The van der Waals surface area contributed by atoms with Gasteiger partial charge in [-0.1, -0.05) is 12.1 Å². The number of benzene rings is 2. The topological polar surface area (TPSA) is 64.1 Å². The van der Waals surface area contributed by atoms with Gasteiger partial charge in [-0.3, -0.25) is 9.78 Å². The Hall–Kier alpha value is -3.72. The van der Waals surface area contributed by atoms with Crippen LogP contribution in [0, 0.1) is 17.5 Å². The van der Waals surface area contributed by atoms with Crippen LogP contribution in [-0.2, 0) is 13.2 Å². The molecule has 2 heterocycles. The SMILES string of the molecule is O=C(NCc1ccccn1)c1csc(-c2ccc(OCc3ccc(F)c(F)c3)cc2F)n1. The Morgan fingerprint density at radius 1 is 1.00 bits per heavy atom. The average Bonchev–Trinajstić information content (AvgIpc) is 3.29. The van der Waals surface area contributed by atoms with Crippen molar-refractivity contribution in [3.05, 3.63) is 101 Å². The molecule has 0 aliphatic heterocycles. The Kier molecular flexibility index (Phi) is 6.46. The van der Waals surface area contributed by atoms with Crippen molar-refractivity contribution < 1.29 is 22.7 Å². The highest BCUT2D eigenvalue weighted by atomic mass is 32.1. The lowest BCUT2D eigenvalue weighted by Gasteiger charge is -2.08. The van der Waals surface area contributed by atoms with Gasteiger partial charge in [0.1, 0.15) is 28.9 Å². The van der Waals surface area contributed by atoms with Crippen LogP contribution in [0.3, 0.4) is 0 Å². The molecule has 0 unspecified atom stereocenters. The van der Waals surface area contributed by atoms with E-state index in [1.54, 1.807) is 29.8 Å². The maximum absolute atomic E-state index is 14.6. The van der Waals surface area contributed by atoms with E-state index in [1.807, 2.05) is 6.07 Å². The largest absolute Gasteiger partial charge is 0.489 e. The molecule has 0 spiro atoms. The zero-order chi connectivity index (χ0) is 22.5. The van der Waals surface area contributed by atoms with Gasteiger partial charge in [0, 0.05) is 23.2 Å². The van der Waals surface area contributed by atoms with Crippen molar-refractivity contribution in [1.82, 2.24) is 15.3 Å². The highest BCUT2D eigenvalue weighted by Gasteiger charge is 2.15. The van der Waals surface area contributed by atoms with Crippen molar-refractivity contribution in [3.8, 4) is 16.3 Å². The molecule has 0 bridgehead atoms. The first-order valence-electron chi connectivity index (χ1n) is 9.50. The van der Waals surface area contributed by atoms with Gasteiger partial charge in [-0.25, -0.2) is 18.2 Å². The fourth-order valence-electron chi connectivity index (χ4n) is 2.82. The summed E-state index contributed by atoms with van der Waals surface area (Å²) in [5, 5.41) is 4.62. The van der Waals surface area contributed by atoms with E-state index in [-0.39, 0.29) is 36.1 Å². The molecular weight excluding hydrogens is 439 g/mol. The number of thiazole rings is 1. The third-order valence-electron chi connectivity index (χ3n) is 4.45. The number of hydrogen-bond donors (Lipinski definition) is 1. The van der Waals surface area contributed by atoms with E-state index in [9.17, 15) is 18.0 Å². The van der Waals surface area contributed by atoms with Crippen molar-refractivity contribution in [2.24, 2.45) is 0 Å². The lowest BCUT2D eigenvalue weighted by atomic mass is 10.2. The molecule has 0 aliphatic rings. The highest BCUT2D eigenvalue weighted by molar-refractivity contribution is 7.13. The molecule has 162 valence electrons. The van der Waals surface area contributed by atoms with E-state index in [4.69, 9.17) is 4.74 Å². The van der Waals surface area contributed by atoms with Crippen LogP contribution in [0.25, 0.3) is 10.6 Å². The number of carbonyl (C=O) groups excluding carboxylic acids is 1. The van der Waals surface area contributed by atoms with Gasteiger partial charge in [-0.05, 0) is 42.0 Å². The number of hydrogen-bond acceptors (Lipinski definition) is 5. The van der Waals surface area contributed by atoms with E-state index in [2.05, 4.69) is 15.3 Å². The summed E-state index contributed by atoms with van der Waals surface area (Å²) in [6.07, 6.45) is 1.64. The van der Waals surface area contributed by atoms with Gasteiger partial charge in [0.2, 0.25) is 0 Å². The van der Waals surface area contributed by atoms with Crippen LogP contribution in [0.4, 0.5) is 13.2 Å². The fraction of sp³-hybridized carbons (Fsp3) is 0.0870. The lowest BCUT2D eigenvalue weighted by molar-refractivity contribution is 0.0946. The minimum Gasteiger partial charge on any atom is -0.489 e. The fourth-order valence-corrected chi connectivity index (χ4v) is 3.65. The first kappa shape index (κ1) is 21.5. The van der Waals surface area contributed by atoms with Gasteiger partial charge in [-0.2, -0.15) is 0 Å². The number of carbonyl (C=O) groups is 1. The van der Waals surface area contributed by atoms with Gasteiger partial charge in [0.25, 0.3) is 5.91 Å². The molecule has 4 aromatic rings. The Labute approximate surface area is 185 Å². The standard InChI is InChI=1S/C23H16F3N3O2S/c24-18-7-4-14(9-20(18)26)12-31-16-5-6-17(19(25)10-16)23-29-21(13-32-23)22(30)28-11-15-3-1-2-8-27-15/h1-10,13H,11-12H2,(H,28,30). The summed E-state index contributed by atoms with van der Waals surface area (Å²) in [6, 6.07) is 13.0. The summed E-state index contributed by atoms with van der Waals surface area (Å²) in [7, 11) is 0. The molecule has 9 heteroatoms. The van der Waals surface area contributed by atoms with Crippen LogP contribution in [0.2, 0.25) is 0 Å². The molecule has 0 saturated carbocycles. The number of aromatic nitrogens is 2. The van der Waals surface area contributed by atoms with E-state index in [1.165, 1.54) is 18.2 Å². The van der Waals surface area contributed by atoms with Crippen LogP contribution in [-0.4, -0.2) is 15.9 Å². The van der Waals surface area contributed by atoms with Gasteiger partial charge >= 0.3 is 0 Å². The van der Waals surface area contributed by atoms with Gasteiger partial charge in [0.15, 0.2) is 11.6 Å². The highest BCUT2D eigenvalue weighted by Crippen LogP contribution is 2.29. The Balaban J connectivity index is 1.40. The predicted molar refractivity (Wildman–Crippen MR) is 114 cm³/mol. The smallest absolute Gasteiger partial charge is 0.271 e. The van der Waals surface area contributed by atoms with Gasteiger partial charge in [-0.15, -0.1) is 11.3 Å². The molecule has 0 radical (unpaired) electrons. The summed E-state index contributed by atoms with van der Waals surface area (Å²) in [6.45, 7) is 0.207. The molecule has 4 rings (SSSR count). The van der Waals surface area contributed by atoms with Crippen molar-refractivity contribution in [3.63, 3.8) is 0 Å². The summed E-state index contributed by atoms with van der Waals surface area (Å²) < 4.78 is 46.4. The monoisotopic (exact) mass is 455 g/mol. The first-order chi connectivity index (χ1) is 15.5. The summed E-state index contributed by atoms with van der Waals surface area (Å²) in [4.78, 5) is 20.7. The van der Waals surface area contributed by atoms with Crippen LogP contribution in [0.1, 0.15) is 21.7 Å². The second kappa shape index (κ2) is 9.61. The predicted octanol–water partition coefficient (Wildman–Crippen LogP) is 5.13. The number of pyridine rings is 1. The number of amides is 1. The molecule has 32 heavy (non-hydrogen) atoms. The quantitative estimate of drug-likeness (QED) is 0.420. The number of halogens is 3. The third kappa shape index (κ3) is 5.12. The molecule has 0 atom stereocenters. The van der Waals surface area contributed by atoms with Crippen molar-refractivity contribution in [2.45, 2.75) is 13.2 Å². The Morgan fingerprint density at radius 2 is 1.88 bits per heavy atom. The second-order valence-corrected chi connectivity index (χ2v) is 7.58. The van der Waals surface area contributed by atoms with Gasteiger partial charge < -0.3 is 10.1 Å². The van der Waals surface area contributed by atoms with E-state index in [0.717, 1.165) is 23.5 Å². The summed E-state index contributed by atoms with van der Waals surface area (Å²) >= 11 is 1.14. The van der Waals surface area contributed by atoms with Crippen LogP contribution >= 0.6 is 11.3 Å². The van der Waals surface area contributed by atoms with Crippen LogP contribution < -0.4 is 10.1 Å². The van der Waals surface area contributed by atoms with Crippen molar-refractivity contribution in [2.75, 3.05) is 0 Å². The molecule has 2 aromatic heterocycles. The minimum absolute atomic E-state index is 0.0478. The number of nitrogens with zero attached hydrogens (tertiary/aromatic N) is 2. The molecule has 0 aliphatic carbocycles. The van der Waals surface area contributed by atoms with Gasteiger partial charge in [0.05, 0.1) is 12.2 Å². The van der Waals surface area contributed by atoms with Crippen molar-refractivity contribution >= 4 is 17.2 Å². The minimum atomic E-state index is -0.976. The molecule has 5 nitrogen and oxygen atoms in total. The normalized spacial score (nSPS) is 10.7. The zero-order valence-corrected chi connectivity index (χ0v) is 17.3. The molecule has 1 N–H and O–H groups in total. The first-order valence-corrected chi connectivity index (χ1v) is 10.4. The Morgan fingerprint density at radius 3 is 2.62 bits per heavy atom. The van der Waals surface area contributed by atoms with E-state index in [0.29, 0.717) is 16.3 Å². The lowest BCUT2D eigenvalue weighted by Crippen LogP contribution is -2.23. The van der Waals surface area contributed by atoms with Crippen molar-refractivity contribution in [1.29, 1.82) is 0 Å². The molecule has 1 amide bonds. The Bertz CT molecular complexity index is 1250.